The van der Waals surface area contributed by atoms with Crippen LogP contribution in [0.15, 0.2) is 12.3 Å². The average molecular weight is 213 g/mol. The number of nitrogens with zero attached hydrogens (tertiary/aromatic N) is 4. The van der Waals surface area contributed by atoms with Gasteiger partial charge in [-0.2, -0.15) is 0 Å². The molecular weight excluding hydrogens is 200 g/mol. The van der Waals surface area contributed by atoms with Gasteiger partial charge in [0.25, 0.3) is 0 Å². The molecule has 1 aliphatic heterocycles. The maximum Gasteiger partial charge on any atom is 0.226 e. The molecule has 0 unspecified atom stereocenters. The normalized spacial score (nSPS) is 18.6. The van der Waals surface area contributed by atoms with Crippen LogP contribution in [0.1, 0.15) is 0 Å². The number of hydrogen-bond donors (Lipinski definition) is 0. The highest BCUT2D eigenvalue weighted by Crippen LogP contribution is 2.12. The van der Waals surface area contributed by atoms with Gasteiger partial charge in [0.2, 0.25) is 5.95 Å². The van der Waals surface area contributed by atoms with Gasteiger partial charge in [0.15, 0.2) is 0 Å². The predicted molar refractivity (Wildman–Crippen MR) is 56.8 cm³/mol. The Morgan fingerprint density at radius 1 is 1.29 bits per heavy atom. The Bertz CT molecular complexity index is 309. The lowest BCUT2D eigenvalue weighted by atomic mass is 10.3. The van der Waals surface area contributed by atoms with Crippen LogP contribution in [0.25, 0.3) is 0 Å². The van der Waals surface area contributed by atoms with Crippen LogP contribution in [0.5, 0.6) is 0 Å². The lowest BCUT2D eigenvalue weighted by molar-refractivity contribution is 0.311. The highest BCUT2D eigenvalue weighted by atomic mass is 35.5. The zero-order chi connectivity index (χ0) is 9.97. The molecule has 1 aromatic rings. The van der Waals surface area contributed by atoms with E-state index in [4.69, 9.17) is 11.6 Å². The van der Waals surface area contributed by atoms with Gasteiger partial charge in [0.05, 0.1) is 0 Å². The minimum atomic E-state index is 0.508. The number of hydrogen-bond acceptors (Lipinski definition) is 4. The summed E-state index contributed by atoms with van der Waals surface area (Å²) in [6, 6.07) is 1.70. The maximum absolute atomic E-state index is 5.80. The zero-order valence-corrected chi connectivity index (χ0v) is 8.91. The number of aromatic nitrogens is 2. The fourth-order valence-electron chi connectivity index (χ4n) is 1.49. The van der Waals surface area contributed by atoms with Gasteiger partial charge in [-0.15, -0.1) is 0 Å². The Morgan fingerprint density at radius 2 is 2.00 bits per heavy atom. The van der Waals surface area contributed by atoms with E-state index in [1.807, 2.05) is 0 Å². The van der Waals surface area contributed by atoms with Crippen molar-refractivity contribution in [2.45, 2.75) is 0 Å². The fourth-order valence-corrected chi connectivity index (χ4v) is 1.62. The summed E-state index contributed by atoms with van der Waals surface area (Å²) in [5.41, 5.74) is 0. The highest BCUT2D eigenvalue weighted by molar-refractivity contribution is 6.29. The van der Waals surface area contributed by atoms with Gasteiger partial charge in [-0.3, -0.25) is 0 Å². The predicted octanol–water partition coefficient (Wildman–Crippen LogP) is 0.882. The first kappa shape index (κ1) is 9.68. The molecule has 0 spiro atoms. The lowest BCUT2D eigenvalue weighted by Crippen LogP contribution is -2.45. The van der Waals surface area contributed by atoms with Crippen LogP contribution in [0, 0.1) is 0 Å². The molecule has 0 radical (unpaired) electrons. The van der Waals surface area contributed by atoms with E-state index in [9.17, 15) is 0 Å². The van der Waals surface area contributed by atoms with Crippen molar-refractivity contribution in [3.05, 3.63) is 17.4 Å². The molecule has 0 saturated carbocycles. The molecule has 4 nitrogen and oxygen atoms in total. The van der Waals surface area contributed by atoms with E-state index < -0.39 is 0 Å². The lowest BCUT2D eigenvalue weighted by Gasteiger charge is -2.32. The van der Waals surface area contributed by atoms with Crippen LogP contribution in [-0.2, 0) is 0 Å². The third kappa shape index (κ3) is 2.13. The summed E-state index contributed by atoms with van der Waals surface area (Å²) < 4.78 is 0. The molecule has 1 fully saturated rings. The molecule has 14 heavy (non-hydrogen) atoms. The molecule has 2 heterocycles. The van der Waals surface area contributed by atoms with E-state index >= 15 is 0 Å². The maximum atomic E-state index is 5.80. The van der Waals surface area contributed by atoms with Gasteiger partial charge in [-0.25, -0.2) is 9.97 Å². The largest absolute Gasteiger partial charge is 0.338 e. The van der Waals surface area contributed by atoms with Gasteiger partial charge in [0.1, 0.15) is 5.15 Å². The quantitative estimate of drug-likeness (QED) is 0.647. The molecule has 0 aromatic carbocycles. The number of piperazine rings is 1. The summed E-state index contributed by atoms with van der Waals surface area (Å²) in [6.45, 7) is 4.04. The molecule has 1 aliphatic rings. The molecule has 0 N–H and O–H groups in total. The third-order valence-electron chi connectivity index (χ3n) is 2.39. The van der Waals surface area contributed by atoms with E-state index in [2.05, 4.69) is 26.8 Å². The monoisotopic (exact) mass is 212 g/mol. The van der Waals surface area contributed by atoms with Gasteiger partial charge in [0, 0.05) is 32.4 Å². The highest BCUT2D eigenvalue weighted by Gasteiger charge is 2.15. The van der Waals surface area contributed by atoms with Gasteiger partial charge >= 0.3 is 0 Å². The standard InChI is InChI=1S/C9H13ClN4/c1-13-4-6-14(7-5-13)9-11-3-2-8(10)12-9/h2-3H,4-7H2,1H3. The Labute approximate surface area is 88.5 Å². The summed E-state index contributed by atoms with van der Waals surface area (Å²) >= 11 is 5.80. The average Bonchev–Trinajstić information content (AvgIpc) is 2.19. The van der Waals surface area contributed by atoms with Crippen molar-refractivity contribution in [3.63, 3.8) is 0 Å². The third-order valence-corrected chi connectivity index (χ3v) is 2.61. The molecular formula is C9H13ClN4. The Hall–Kier alpha value is -0.870. The number of likely N-dealkylation sites (N-methyl/N-ethyl adjacent to an activating group) is 1. The molecule has 5 heteroatoms. The molecule has 0 bridgehead atoms. The van der Waals surface area contributed by atoms with Crippen LogP contribution >= 0.6 is 11.6 Å². The van der Waals surface area contributed by atoms with Crippen LogP contribution in [0.4, 0.5) is 5.95 Å². The van der Waals surface area contributed by atoms with Crippen LogP contribution in [0.3, 0.4) is 0 Å². The Balaban J connectivity index is 2.08. The molecule has 0 amide bonds. The van der Waals surface area contributed by atoms with Gasteiger partial charge < -0.3 is 9.80 Å². The second-order valence-electron chi connectivity index (χ2n) is 3.47. The van der Waals surface area contributed by atoms with Crippen molar-refractivity contribution in [1.82, 2.24) is 14.9 Å². The molecule has 76 valence electrons. The van der Waals surface area contributed by atoms with Gasteiger partial charge in [-0.1, -0.05) is 11.6 Å². The van der Waals surface area contributed by atoms with Crippen LogP contribution < -0.4 is 4.90 Å². The fraction of sp³-hybridized carbons (Fsp3) is 0.556. The van der Waals surface area contributed by atoms with E-state index in [0.717, 1.165) is 32.1 Å². The summed E-state index contributed by atoms with van der Waals surface area (Å²) in [6.07, 6.45) is 1.70. The van der Waals surface area contributed by atoms with Crippen molar-refractivity contribution < 1.29 is 0 Å². The summed E-state index contributed by atoms with van der Waals surface area (Å²) in [5.74, 6) is 0.741. The number of anilines is 1. The zero-order valence-electron chi connectivity index (χ0n) is 8.15. The van der Waals surface area contributed by atoms with E-state index in [-0.39, 0.29) is 0 Å². The summed E-state index contributed by atoms with van der Waals surface area (Å²) in [4.78, 5) is 12.8. The Kier molecular flexibility index (Phi) is 2.84. The number of rotatable bonds is 1. The van der Waals surface area contributed by atoms with Crippen molar-refractivity contribution >= 4 is 17.5 Å². The smallest absolute Gasteiger partial charge is 0.226 e. The minimum Gasteiger partial charge on any atom is -0.338 e. The summed E-state index contributed by atoms with van der Waals surface area (Å²) in [5, 5.41) is 0.508. The van der Waals surface area contributed by atoms with Crippen LogP contribution in [-0.4, -0.2) is 48.1 Å². The van der Waals surface area contributed by atoms with Crippen LogP contribution in [0.2, 0.25) is 5.15 Å². The first-order chi connectivity index (χ1) is 6.75. The molecule has 1 saturated heterocycles. The Morgan fingerprint density at radius 3 is 2.64 bits per heavy atom. The molecule has 1 aromatic heterocycles. The number of halogens is 1. The molecule has 0 aliphatic carbocycles. The van der Waals surface area contributed by atoms with E-state index in [1.165, 1.54) is 0 Å². The first-order valence-electron chi connectivity index (χ1n) is 4.68. The minimum absolute atomic E-state index is 0.508. The van der Waals surface area contributed by atoms with Crippen molar-refractivity contribution in [2.24, 2.45) is 0 Å². The molecule has 2 rings (SSSR count). The van der Waals surface area contributed by atoms with E-state index in [1.54, 1.807) is 12.3 Å². The van der Waals surface area contributed by atoms with Crippen molar-refractivity contribution in [1.29, 1.82) is 0 Å². The topological polar surface area (TPSA) is 32.3 Å². The van der Waals surface area contributed by atoms with E-state index in [0.29, 0.717) is 5.15 Å². The molecule has 0 atom stereocenters. The first-order valence-corrected chi connectivity index (χ1v) is 5.05. The van der Waals surface area contributed by atoms with Gasteiger partial charge in [-0.05, 0) is 13.1 Å². The second kappa shape index (κ2) is 4.11. The second-order valence-corrected chi connectivity index (χ2v) is 3.86. The van der Waals surface area contributed by atoms with Crippen molar-refractivity contribution in [3.8, 4) is 0 Å². The SMILES string of the molecule is CN1CCN(c2nccc(Cl)n2)CC1. The summed E-state index contributed by atoms with van der Waals surface area (Å²) in [7, 11) is 2.12. The van der Waals surface area contributed by atoms with Crippen molar-refractivity contribution in [2.75, 3.05) is 38.1 Å².